The molecule has 0 aliphatic carbocycles. The molecule has 0 unspecified atom stereocenters. The third-order valence-corrected chi connectivity index (χ3v) is 5.27. The van der Waals surface area contributed by atoms with E-state index in [-0.39, 0.29) is 30.6 Å². The van der Waals surface area contributed by atoms with Crippen molar-refractivity contribution in [1.29, 1.82) is 0 Å². The van der Waals surface area contributed by atoms with Gasteiger partial charge in [-0.2, -0.15) is 0 Å². The molecule has 0 bridgehead atoms. The number of aliphatic imine (C=N–C) groups is 1. The fourth-order valence-electron chi connectivity index (χ4n) is 3.50. The number of primary amides is 1. The first kappa shape index (κ1) is 25.1. The Balaban J connectivity index is 0.00000341. The summed E-state index contributed by atoms with van der Waals surface area (Å²) in [6, 6.07) is 13.6. The Morgan fingerprint density at radius 3 is 2.61 bits per heavy atom. The van der Waals surface area contributed by atoms with Crippen LogP contribution in [0.1, 0.15) is 11.1 Å². The zero-order valence-electron chi connectivity index (χ0n) is 17.8. The maximum atomic E-state index is 10.9. The minimum atomic E-state index is -0.494. The van der Waals surface area contributed by atoms with Crippen molar-refractivity contribution in [3.63, 3.8) is 0 Å². The Labute approximate surface area is 205 Å². The van der Waals surface area contributed by atoms with Gasteiger partial charge < -0.3 is 25.6 Å². The van der Waals surface area contributed by atoms with E-state index in [0.29, 0.717) is 12.3 Å². The molecule has 31 heavy (non-hydrogen) atoms. The fraction of sp³-hybridized carbons (Fsp3) is 0.364. The Morgan fingerprint density at radius 2 is 1.94 bits per heavy atom. The lowest BCUT2D eigenvalue weighted by Gasteiger charge is -2.38. The maximum Gasteiger partial charge on any atom is 0.255 e. The number of piperazine rings is 1. The Morgan fingerprint density at radius 1 is 1.19 bits per heavy atom. The summed E-state index contributed by atoms with van der Waals surface area (Å²) in [5.41, 5.74) is 8.59. The highest BCUT2D eigenvalue weighted by Crippen LogP contribution is 2.25. The number of nitrogens with one attached hydrogen (secondary N) is 1. The van der Waals surface area contributed by atoms with E-state index in [1.165, 1.54) is 11.3 Å². The van der Waals surface area contributed by atoms with E-state index in [1.54, 1.807) is 13.1 Å². The van der Waals surface area contributed by atoms with Crippen LogP contribution in [0.15, 0.2) is 47.5 Å². The molecule has 1 amide bonds. The van der Waals surface area contributed by atoms with Gasteiger partial charge in [-0.3, -0.25) is 9.79 Å². The van der Waals surface area contributed by atoms with E-state index >= 15 is 0 Å². The van der Waals surface area contributed by atoms with Crippen LogP contribution in [0.25, 0.3) is 0 Å². The molecule has 7 nitrogen and oxygen atoms in total. The number of carbonyl (C=O) groups is 1. The van der Waals surface area contributed by atoms with Crippen LogP contribution in [0.4, 0.5) is 5.69 Å². The van der Waals surface area contributed by atoms with Crippen LogP contribution in [0.3, 0.4) is 0 Å². The second kappa shape index (κ2) is 12.0. The first-order valence-corrected chi connectivity index (χ1v) is 10.3. The molecular formula is C22H29ClIN5O2. The molecule has 0 saturated carbocycles. The van der Waals surface area contributed by atoms with Gasteiger partial charge in [0.25, 0.3) is 5.91 Å². The van der Waals surface area contributed by atoms with E-state index in [0.717, 1.165) is 42.7 Å². The van der Waals surface area contributed by atoms with Crippen molar-refractivity contribution >= 4 is 53.1 Å². The summed E-state index contributed by atoms with van der Waals surface area (Å²) in [5.74, 6) is 0.987. The molecule has 0 spiro atoms. The SMILES string of the molecule is CN=C(NCc1cccc(OCC(N)=O)c1)N1CCN(c2cc(Cl)ccc2C)CC1.I. The average molecular weight is 558 g/mol. The smallest absolute Gasteiger partial charge is 0.255 e. The summed E-state index contributed by atoms with van der Waals surface area (Å²) in [7, 11) is 1.79. The van der Waals surface area contributed by atoms with E-state index < -0.39 is 5.91 Å². The van der Waals surface area contributed by atoms with Crippen molar-refractivity contribution in [2.75, 3.05) is 44.7 Å². The number of guanidine groups is 1. The van der Waals surface area contributed by atoms with Crippen LogP contribution in [0.2, 0.25) is 5.02 Å². The van der Waals surface area contributed by atoms with Gasteiger partial charge in [0.2, 0.25) is 0 Å². The third kappa shape index (κ3) is 7.17. The number of anilines is 1. The predicted octanol–water partition coefficient (Wildman–Crippen LogP) is 3.03. The molecule has 0 aromatic heterocycles. The van der Waals surface area contributed by atoms with Gasteiger partial charge >= 0.3 is 0 Å². The highest BCUT2D eigenvalue weighted by Gasteiger charge is 2.21. The molecule has 3 N–H and O–H groups in total. The normalized spacial score (nSPS) is 14.1. The Bertz CT molecular complexity index is 917. The molecule has 1 fully saturated rings. The monoisotopic (exact) mass is 557 g/mol. The predicted molar refractivity (Wildman–Crippen MR) is 137 cm³/mol. The number of hydrogen-bond donors (Lipinski definition) is 2. The zero-order chi connectivity index (χ0) is 21.5. The van der Waals surface area contributed by atoms with Crippen molar-refractivity contribution in [2.45, 2.75) is 13.5 Å². The quantitative estimate of drug-likeness (QED) is 0.324. The van der Waals surface area contributed by atoms with Crippen LogP contribution in [-0.2, 0) is 11.3 Å². The van der Waals surface area contributed by atoms with E-state index in [1.807, 2.05) is 30.3 Å². The fourth-order valence-corrected chi connectivity index (χ4v) is 3.66. The molecule has 1 heterocycles. The minimum Gasteiger partial charge on any atom is -0.484 e. The number of amides is 1. The van der Waals surface area contributed by atoms with Crippen LogP contribution in [0, 0.1) is 6.92 Å². The van der Waals surface area contributed by atoms with Crippen LogP contribution < -0.4 is 20.7 Å². The van der Waals surface area contributed by atoms with Crippen molar-refractivity contribution in [2.24, 2.45) is 10.7 Å². The minimum absolute atomic E-state index is 0. The summed E-state index contributed by atoms with van der Waals surface area (Å²) in [5, 5.41) is 4.17. The summed E-state index contributed by atoms with van der Waals surface area (Å²) in [6.07, 6.45) is 0. The van der Waals surface area contributed by atoms with Gasteiger partial charge in [-0.1, -0.05) is 29.8 Å². The molecule has 1 saturated heterocycles. The number of aryl methyl sites for hydroxylation is 1. The number of hydrogen-bond acceptors (Lipinski definition) is 4. The third-order valence-electron chi connectivity index (χ3n) is 5.03. The molecule has 3 rings (SSSR count). The molecule has 9 heteroatoms. The maximum absolute atomic E-state index is 10.9. The molecule has 0 radical (unpaired) electrons. The first-order chi connectivity index (χ1) is 14.5. The van der Waals surface area contributed by atoms with Gasteiger partial charge in [-0.15, -0.1) is 24.0 Å². The lowest BCUT2D eigenvalue weighted by atomic mass is 10.1. The van der Waals surface area contributed by atoms with Gasteiger partial charge in [-0.25, -0.2) is 0 Å². The summed E-state index contributed by atoms with van der Waals surface area (Å²) in [6.45, 7) is 6.13. The number of halogens is 2. The Hall–Kier alpha value is -2.20. The second-order valence-electron chi connectivity index (χ2n) is 7.21. The lowest BCUT2D eigenvalue weighted by Crippen LogP contribution is -2.52. The summed E-state index contributed by atoms with van der Waals surface area (Å²) < 4.78 is 5.37. The summed E-state index contributed by atoms with van der Waals surface area (Å²) in [4.78, 5) is 19.9. The first-order valence-electron chi connectivity index (χ1n) is 9.93. The highest BCUT2D eigenvalue weighted by molar-refractivity contribution is 14.0. The largest absolute Gasteiger partial charge is 0.484 e. The highest BCUT2D eigenvalue weighted by atomic mass is 127. The number of rotatable bonds is 6. The zero-order valence-corrected chi connectivity index (χ0v) is 20.9. The number of ether oxygens (including phenoxy) is 1. The molecule has 1 aliphatic heterocycles. The second-order valence-corrected chi connectivity index (χ2v) is 7.64. The van der Waals surface area contributed by atoms with Gasteiger partial charge in [0.1, 0.15) is 5.75 Å². The van der Waals surface area contributed by atoms with Crippen LogP contribution in [0.5, 0.6) is 5.75 Å². The Kier molecular flexibility index (Phi) is 9.70. The topological polar surface area (TPSA) is 83.2 Å². The number of nitrogens with two attached hydrogens (primary N) is 1. The molecule has 2 aromatic rings. The molecule has 0 atom stereocenters. The van der Waals surface area contributed by atoms with Gasteiger partial charge in [0.15, 0.2) is 12.6 Å². The molecule has 2 aromatic carbocycles. The number of benzene rings is 2. The number of carbonyl (C=O) groups excluding carboxylic acids is 1. The number of nitrogens with zero attached hydrogens (tertiary/aromatic N) is 3. The van der Waals surface area contributed by atoms with E-state index in [2.05, 4.69) is 33.1 Å². The molecule has 168 valence electrons. The average Bonchev–Trinajstić information content (AvgIpc) is 2.75. The molecular weight excluding hydrogens is 529 g/mol. The van der Waals surface area contributed by atoms with Gasteiger partial charge in [0.05, 0.1) is 0 Å². The van der Waals surface area contributed by atoms with Crippen molar-refractivity contribution in [3.8, 4) is 5.75 Å². The van der Waals surface area contributed by atoms with E-state index in [9.17, 15) is 4.79 Å². The van der Waals surface area contributed by atoms with Crippen LogP contribution in [-0.4, -0.2) is 56.6 Å². The van der Waals surface area contributed by atoms with Crippen LogP contribution >= 0.6 is 35.6 Å². The van der Waals surface area contributed by atoms with Gasteiger partial charge in [0, 0.05) is 50.5 Å². The summed E-state index contributed by atoms with van der Waals surface area (Å²) >= 11 is 6.19. The molecule has 1 aliphatic rings. The van der Waals surface area contributed by atoms with Crippen molar-refractivity contribution in [1.82, 2.24) is 10.2 Å². The van der Waals surface area contributed by atoms with E-state index in [4.69, 9.17) is 22.1 Å². The van der Waals surface area contributed by atoms with Gasteiger partial charge in [-0.05, 0) is 42.3 Å². The van der Waals surface area contributed by atoms with Crippen molar-refractivity contribution in [3.05, 3.63) is 58.6 Å². The lowest BCUT2D eigenvalue weighted by molar-refractivity contribution is -0.119. The van der Waals surface area contributed by atoms with Crippen molar-refractivity contribution < 1.29 is 9.53 Å². The standard InChI is InChI=1S/C22H28ClN5O2.HI/c1-16-6-7-18(23)13-20(16)27-8-10-28(11-9-27)22(25-2)26-14-17-4-3-5-19(12-17)30-15-21(24)29;/h3-7,12-13H,8-11,14-15H2,1-2H3,(H2,24,29)(H,25,26);1H.